The van der Waals surface area contributed by atoms with E-state index in [0.717, 1.165) is 55.4 Å². The van der Waals surface area contributed by atoms with Gasteiger partial charge in [-0.2, -0.15) is 0 Å². The fourth-order valence-corrected chi connectivity index (χ4v) is 4.47. The van der Waals surface area contributed by atoms with Gasteiger partial charge in [0.25, 0.3) is 0 Å². The zero-order valence-corrected chi connectivity index (χ0v) is 20.0. The molecule has 0 radical (unpaired) electrons. The van der Waals surface area contributed by atoms with Crippen molar-refractivity contribution in [3.63, 3.8) is 0 Å². The Morgan fingerprint density at radius 1 is 1.03 bits per heavy atom. The molecule has 1 fully saturated rings. The predicted molar refractivity (Wildman–Crippen MR) is 128 cm³/mol. The first-order valence-electron chi connectivity index (χ1n) is 11.6. The van der Waals surface area contributed by atoms with Crippen LogP contribution in [-0.2, 0) is 19.6 Å². The summed E-state index contributed by atoms with van der Waals surface area (Å²) in [5.74, 6) is 2.34. The lowest BCUT2D eigenvalue weighted by molar-refractivity contribution is 0.112. The molecule has 0 amide bonds. The van der Waals surface area contributed by atoms with E-state index in [4.69, 9.17) is 14.2 Å². The number of aliphatic hydroxyl groups excluding tert-OH is 1. The second-order valence-corrected chi connectivity index (χ2v) is 8.48. The molecule has 0 aliphatic carbocycles. The van der Waals surface area contributed by atoms with E-state index in [-0.39, 0.29) is 6.61 Å². The molecule has 6 heteroatoms. The monoisotopic (exact) mass is 442 g/mol. The normalized spacial score (nSPS) is 16.9. The molecule has 2 aromatic carbocycles. The molecule has 0 aromatic heterocycles. The second kappa shape index (κ2) is 12.1. The van der Waals surface area contributed by atoms with E-state index >= 15 is 0 Å². The largest absolute Gasteiger partial charge is 0.494 e. The van der Waals surface area contributed by atoms with Gasteiger partial charge in [-0.05, 0) is 75.2 Å². The number of ether oxygens (including phenoxy) is 3. The van der Waals surface area contributed by atoms with Crippen molar-refractivity contribution in [3.05, 3.63) is 53.1 Å². The third-order valence-corrected chi connectivity index (χ3v) is 6.31. The number of aliphatic hydroxyl groups is 1. The molecule has 1 atom stereocenters. The van der Waals surface area contributed by atoms with E-state index in [0.29, 0.717) is 12.6 Å². The lowest BCUT2D eigenvalue weighted by Crippen LogP contribution is -2.46. The van der Waals surface area contributed by atoms with Crippen molar-refractivity contribution in [2.45, 2.75) is 45.4 Å². The number of hydrogen-bond acceptors (Lipinski definition) is 6. The van der Waals surface area contributed by atoms with Crippen molar-refractivity contribution >= 4 is 0 Å². The molecular weight excluding hydrogens is 404 g/mol. The standard InChI is InChI=1S/C26H38N2O4/c1-5-32-24-10-9-21(15-22(24)19-29)17-28-13-6-7-23(18-28)27(2)14-12-20-8-11-25(30-3)26(16-20)31-4/h8-11,15-16,23,29H,5-7,12-14,17-19H2,1-4H3/t23-/m1/s1. The summed E-state index contributed by atoms with van der Waals surface area (Å²) in [6.07, 6.45) is 3.41. The summed E-state index contributed by atoms with van der Waals surface area (Å²) >= 11 is 0. The van der Waals surface area contributed by atoms with Crippen LogP contribution in [0.15, 0.2) is 36.4 Å². The summed E-state index contributed by atoms with van der Waals surface area (Å²) in [7, 11) is 5.58. The molecular formula is C26H38N2O4. The molecule has 1 aliphatic heterocycles. The highest BCUT2D eigenvalue weighted by atomic mass is 16.5. The molecule has 6 nitrogen and oxygen atoms in total. The van der Waals surface area contributed by atoms with Crippen molar-refractivity contribution in [3.8, 4) is 17.2 Å². The van der Waals surface area contributed by atoms with E-state index < -0.39 is 0 Å². The first-order chi connectivity index (χ1) is 15.6. The predicted octanol–water partition coefficient (Wildman–Crippen LogP) is 3.73. The molecule has 1 aliphatic rings. The summed E-state index contributed by atoms with van der Waals surface area (Å²) in [5.41, 5.74) is 3.35. The number of likely N-dealkylation sites (tertiary alicyclic amines) is 1. The van der Waals surface area contributed by atoms with E-state index in [9.17, 15) is 5.11 Å². The first kappa shape index (κ1) is 24.4. The van der Waals surface area contributed by atoms with Gasteiger partial charge in [-0.15, -0.1) is 0 Å². The Morgan fingerprint density at radius 3 is 2.50 bits per heavy atom. The van der Waals surface area contributed by atoms with Crippen LogP contribution in [0.2, 0.25) is 0 Å². The van der Waals surface area contributed by atoms with Crippen LogP contribution in [0, 0.1) is 0 Å². The van der Waals surface area contributed by atoms with Crippen LogP contribution in [0.4, 0.5) is 0 Å². The molecule has 0 bridgehead atoms. The third kappa shape index (κ3) is 6.37. The van der Waals surface area contributed by atoms with E-state index in [1.807, 2.05) is 19.1 Å². The molecule has 1 N–H and O–H groups in total. The Kier molecular flexibility index (Phi) is 9.21. The minimum Gasteiger partial charge on any atom is -0.494 e. The van der Waals surface area contributed by atoms with Crippen molar-refractivity contribution in [1.29, 1.82) is 0 Å². The molecule has 32 heavy (non-hydrogen) atoms. The molecule has 0 unspecified atom stereocenters. The maximum Gasteiger partial charge on any atom is 0.160 e. The highest BCUT2D eigenvalue weighted by Crippen LogP contribution is 2.28. The fourth-order valence-electron chi connectivity index (χ4n) is 4.47. The Hall–Kier alpha value is -2.28. The highest BCUT2D eigenvalue weighted by Gasteiger charge is 2.23. The average molecular weight is 443 g/mol. The second-order valence-electron chi connectivity index (χ2n) is 8.48. The van der Waals surface area contributed by atoms with Crippen LogP contribution in [0.3, 0.4) is 0 Å². The molecule has 2 aromatic rings. The summed E-state index contributed by atoms with van der Waals surface area (Å²) in [5, 5.41) is 9.69. The van der Waals surface area contributed by atoms with E-state index in [1.165, 1.54) is 24.0 Å². The summed E-state index contributed by atoms with van der Waals surface area (Å²) in [6, 6.07) is 12.9. The van der Waals surface area contributed by atoms with Gasteiger partial charge in [0.2, 0.25) is 0 Å². The number of benzene rings is 2. The molecule has 0 saturated carbocycles. The Balaban J connectivity index is 1.55. The van der Waals surface area contributed by atoms with Gasteiger partial charge in [-0.1, -0.05) is 12.1 Å². The zero-order valence-electron chi connectivity index (χ0n) is 20.0. The maximum atomic E-state index is 9.69. The lowest BCUT2D eigenvalue weighted by Gasteiger charge is -2.38. The van der Waals surface area contributed by atoms with E-state index in [1.54, 1.807) is 14.2 Å². The maximum absolute atomic E-state index is 9.69. The van der Waals surface area contributed by atoms with Gasteiger partial charge in [0.1, 0.15) is 5.75 Å². The molecule has 1 heterocycles. The number of likely N-dealkylation sites (N-methyl/N-ethyl adjacent to an activating group) is 1. The number of piperidine rings is 1. The van der Waals surface area contributed by atoms with Gasteiger partial charge in [-0.25, -0.2) is 0 Å². The number of methoxy groups -OCH3 is 2. The Labute approximate surface area is 192 Å². The number of nitrogens with zero attached hydrogens (tertiary/aromatic N) is 2. The highest BCUT2D eigenvalue weighted by molar-refractivity contribution is 5.43. The first-order valence-corrected chi connectivity index (χ1v) is 11.6. The van der Waals surface area contributed by atoms with Gasteiger partial charge in [0, 0.05) is 31.2 Å². The van der Waals surface area contributed by atoms with Gasteiger partial charge in [0.05, 0.1) is 27.4 Å². The van der Waals surface area contributed by atoms with Crippen molar-refractivity contribution in [1.82, 2.24) is 9.80 Å². The van der Waals surface area contributed by atoms with Gasteiger partial charge in [0.15, 0.2) is 11.5 Å². The van der Waals surface area contributed by atoms with Gasteiger partial charge in [-0.3, -0.25) is 4.90 Å². The fraction of sp³-hybridized carbons (Fsp3) is 0.538. The molecule has 176 valence electrons. The van der Waals surface area contributed by atoms with Crippen molar-refractivity contribution in [2.75, 3.05) is 47.5 Å². The van der Waals surface area contributed by atoms with Crippen LogP contribution in [0.25, 0.3) is 0 Å². The van der Waals surface area contributed by atoms with Crippen LogP contribution >= 0.6 is 0 Å². The van der Waals surface area contributed by atoms with Crippen LogP contribution < -0.4 is 14.2 Å². The topological polar surface area (TPSA) is 54.4 Å². The number of rotatable bonds is 11. The Bertz CT molecular complexity index is 858. The van der Waals surface area contributed by atoms with Gasteiger partial charge < -0.3 is 24.2 Å². The summed E-state index contributed by atoms with van der Waals surface area (Å²) in [4.78, 5) is 5.01. The molecule has 3 rings (SSSR count). The lowest BCUT2D eigenvalue weighted by atomic mass is 10.0. The minimum absolute atomic E-state index is 0.00464. The van der Waals surface area contributed by atoms with Crippen LogP contribution in [-0.4, -0.2) is 68.5 Å². The van der Waals surface area contributed by atoms with Crippen LogP contribution in [0.1, 0.15) is 36.5 Å². The van der Waals surface area contributed by atoms with Crippen molar-refractivity contribution in [2.24, 2.45) is 0 Å². The quantitative estimate of drug-likeness (QED) is 0.572. The molecule has 0 spiro atoms. The third-order valence-electron chi connectivity index (χ3n) is 6.31. The van der Waals surface area contributed by atoms with E-state index in [2.05, 4.69) is 41.1 Å². The zero-order chi connectivity index (χ0) is 22.9. The Morgan fingerprint density at radius 2 is 1.78 bits per heavy atom. The summed E-state index contributed by atoms with van der Waals surface area (Å²) in [6.45, 7) is 6.65. The minimum atomic E-state index is 0.00464. The smallest absolute Gasteiger partial charge is 0.160 e. The van der Waals surface area contributed by atoms with Gasteiger partial charge >= 0.3 is 0 Å². The van der Waals surface area contributed by atoms with Crippen molar-refractivity contribution < 1.29 is 19.3 Å². The molecule has 1 saturated heterocycles. The SMILES string of the molecule is CCOc1ccc(CN2CCC[C@@H](N(C)CCc3ccc(OC)c(OC)c3)C2)cc1CO. The average Bonchev–Trinajstić information content (AvgIpc) is 2.83. The number of hydrogen-bond donors (Lipinski definition) is 1. The van der Waals surface area contributed by atoms with Crippen LogP contribution in [0.5, 0.6) is 17.2 Å². The summed E-state index contributed by atoms with van der Waals surface area (Å²) < 4.78 is 16.4.